The summed E-state index contributed by atoms with van der Waals surface area (Å²) in [6, 6.07) is 0. The monoisotopic (exact) mass is 305 g/mol. The molecule has 0 aliphatic heterocycles. The first-order valence-electron chi connectivity index (χ1n) is 9.59. The molecule has 0 radical (unpaired) electrons. The molecule has 126 valence electrons. The summed E-state index contributed by atoms with van der Waals surface area (Å²) in [6.45, 7) is 9.45. The zero-order valence-electron chi connectivity index (χ0n) is 15.0. The highest BCUT2D eigenvalue weighted by molar-refractivity contribution is 5.81. The zero-order chi connectivity index (χ0) is 16.1. The zero-order valence-corrected chi connectivity index (χ0v) is 15.0. The van der Waals surface area contributed by atoms with E-state index >= 15 is 0 Å². The highest BCUT2D eigenvalue weighted by atomic mass is 16.1. The van der Waals surface area contributed by atoms with Gasteiger partial charge in [-0.25, -0.2) is 0 Å². The van der Waals surface area contributed by atoms with Gasteiger partial charge in [0.1, 0.15) is 0 Å². The molecule has 0 bridgehead atoms. The maximum Gasteiger partial charge on any atom is 0.223 e. The summed E-state index contributed by atoms with van der Waals surface area (Å²) in [5.41, 5.74) is 5.96. The Hall–Kier alpha value is -0.530. The molecule has 0 aromatic heterocycles. The lowest BCUT2D eigenvalue weighted by atomic mass is 9.43. The second-order valence-corrected chi connectivity index (χ2v) is 9.45. The summed E-state index contributed by atoms with van der Waals surface area (Å²) in [7, 11) is 0. The van der Waals surface area contributed by atoms with E-state index in [2.05, 4.69) is 27.7 Å². The largest absolute Gasteiger partial charge is 0.369 e. The Morgan fingerprint density at radius 2 is 1.82 bits per heavy atom. The van der Waals surface area contributed by atoms with Crippen LogP contribution in [0.15, 0.2) is 0 Å². The fourth-order valence-electron chi connectivity index (χ4n) is 6.77. The van der Waals surface area contributed by atoms with Crippen LogP contribution in [0.25, 0.3) is 0 Å². The average molecular weight is 306 g/mol. The van der Waals surface area contributed by atoms with Gasteiger partial charge in [-0.3, -0.25) is 4.79 Å². The van der Waals surface area contributed by atoms with Crippen LogP contribution >= 0.6 is 0 Å². The van der Waals surface area contributed by atoms with Crippen LogP contribution in [0, 0.1) is 40.4 Å². The first-order chi connectivity index (χ1) is 10.3. The third kappa shape index (κ3) is 2.32. The van der Waals surface area contributed by atoms with Gasteiger partial charge in [0.05, 0.1) is 0 Å². The van der Waals surface area contributed by atoms with Crippen LogP contribution in [0.2, 0.25) is 0 Å². The number of carbonyl (C=O) groups excluding carboxylic acids is 1. The molecule has 0 aromatic rings. The van der Waals surface area contributed by atoms with Gasteiger partial charge >= 0.3 is 0 Å². The van der Waals surface area contributed by atoms with E-state index in [-0.39, 0.29) is 11.3 Å². The molecule has 0 unspecified atom stereocenters. The maximum absolute atomic E-state index is 12.2. The van der Waals surface area contributed by atoms with Gasteiger partial charge in [-0.15, -0.1) is 0 Å². The van der Waals surface area contributed by atoms with Crippen molar-refractivity contribution >= 4 is 5.91 Å². The molecule has 3 aliphatic carbocycles. The average Bonchev–Trinajstić information content (AvgIpc) is 2.46. The molecule has 2 nitrogen and oxygen atoms in total. The Morgan fingerprint density at radius 3 is 2.45 bits per heavy atom. The first kappa shape index (κ1) is 16.3. The second kappa shape index (κ2) is 5.53. The van der Waals surface area contributed by atoms with E-state index in [1.54, 1.807) is 0 Å². The van der Waals surface area contributed by atoms with Crippen molar-refractivity contribution in [3.63, 3.8) is 0 Å². The number of rotatable bonds is 2. The number of hydrogen-bond acceptors (Lipinski definition) is 1. The lowest BCUT2D eigenvalue weighted by molar-refractivity contribution is -0.154. The Morgan fingerprint density at radius 1 is 1.09 bits per heavy atom. The van der Waals surface area contributed by atoms with E-state index in [0.717, 1.165) is 30.1 Å². The smallest absolute Gasteiger partial charge is 0.223 e. The molecule has 6 atom stereocenters. The van der Waals surface area contributed by atoms with E-state index in [9.17, 15) is 4.79 Å². The van der Waals surface area contributed by atoms with E-state index in [1.165, 1.54) is 44.9 Å². The summed E-state index contributed by atoms with van der Waals surface area (Å²) in [4.78, 5) is 12.2. The molecule has 2 heteroatoms. The van der Waals surface area contributed by atoms with Gasteiger partial charge in [0.15, 0.2) is 0 Å². The molecule has 0 spiro atoms. The van der Waals surface area contributed by atoms with Crippen molar-refractivity contribution in [1.29, 1.82) is 0 Å². The van der Waals surface area contributed by atoms with Gasteiger partial charge in [-0.2, -0.15) is 0 Å². The van der Waals surface area contributed by atoms with Gasteiger partial charge in [0, 0.05) is 5.41 Å². The van der Waals surface area contributed by atoms with Crippen molar-refractivity contribution < 1.29 is 4.79 Å². The lowest BCUT2D eigenvalue weighted by Gasteiger charge is -2.61. The summed E-state index contributed by atoms with van der Waals surface area (Å²) in [6.07, 6.45) is 10.3. The number of carbonyl (C=O) groups is 1. The van der Waals surface area contributed by atoms with Crippen LogP contribution in [0.4, 0.5) is 0 Å². The van der Waals surface area contributed by atoms with Crippen LogP contribution in [-0.2, 0) is 4.79 Å². The van der Waals surface area contributed by atoms with Crippen LogP contribution < -0.4 is 5.73 Å². The van der Waals surface area contributed by atoms with Gasteiger partial charge in [-0.05, 0) is 80.0 Å². The van der Waals surface area contributed by atoms with Crippen LogP contribution in [-0.4, -0.2) is 5.91 Å². The van der Waals surface area contributed by atoms with Gasteiger partial charge < -0.3 is 5.73 Å². The Balaban J connectivity index is 1.86. The van der Waals surface area contributed by atoms with E-state index in [4.69, 9.17) is 5.73 Å². The molecule has 3 fully saturated rings. The maximum atomic E-state index is 12.2. The molecule has 3 saturated carbocycles. The quantitative estimate of drug-likeness (QED) is 0.785. The van der Waals surface area contributed by atoms with Crippen molar-refractivity contribution in [1.82, 2.24) is 0 Å². The number of nitrogens with two attached hydrogens (primary N) is 1. The summed E-state index contributed by atoms with van der Waals surface area (Å²) in [5.74, 6) is 3.96. The summed E-state index contributed by atoms with van der Waals surface area (Å²) in [5, 5.41) is 0. The Labute approximate surface area is 136 Å². The fraction of sp³-hybridized carbons (Fsp3) is 0.950. The third-order valence-electron chi connectivity index (χ3n) is 8.18. The van der Waals surface area contributed by atoms with Gasteiger partial charge in [-0.1, -0.05) is 34.1 Å². The SMILES string of the molecule is CC(C)[C@@H]1CC[C@H]2[C@H](CC[C@@H]3[C@]2(C)CCC[C@@]3(C)C(N)=O)C1. The highest BCUT2D eigenvalue weighted by Crippen LogP contribution is 2.64. The predicted octanol–water partition coefficient (Wildman–Crippen LogP) is 4.77. The molecule has 0 heterocycles. The predicted molar refractivity (Wildman–Crippen MR) is 91.1 cm³/mol. The molecule has 3 aliphatic rings. The van der Waals surface area contributed by atoms with Crippen molar-refractivity contribution in [3.05, 3.63) is 0 Å². The van der Waals surface area contributed by atoms with Gasteiger partial charge in [0.25, 0.3) is 0 Å². The number of fused-ring (bicyclic) bond motifs is 3. The van der Waals surface area contributed by atoms with Crippen molar-refractivity contribution in [3.8, 4) is 0 Å². The highest BCUT2D eigenvalue weighted by Gasteiger charge is 2.58. The first-order valence-corrected chi connectivity index (χ1v) is 9.59. The number of hydrogen-bond donors (Lipinski definition) is 1. The van der Waals surface area contributed by atoms with Crippen molar-refractivity contribution in [2.24, 2.45) is 46.2 Å². The summed E-state index contributed by atoms with van der Waals surface area (Å²) < 4.78 is 0. The second-order valence-electron chi connectivity index (χ2n) is 9.45. The minimum absolute atomic E-state index is 0.0438. The van der Waals surface area contributed by atoms with Crippen molar-refractivity contribution in [2.45, 2.75) is 79.1 Å². The normalized spacial score (nSPS) is 48.6. The third-order valence-corrected chi connectivity index (χ3v) is 8.18. The molecule has 2 N–H and O–H groups in total. The minimum Gasteiger partial charge on any atom is -0.369 e. The molecule has 1 amide bonds. The van der Waals surface area contributed by atoms with E-state index < -0.39 is 0 Å². The van der Waals surface area contributed by atoms with Crippen LogP contribution in [0.1, 0.15) is 79.1 Å². The standard InChI is InChI=1S/C20H35NO/c1-13(2)14-6-8-16-15(12-14)7-9-17-19(16,3)10-5-11-20(17,4)18(21)22/h13-17H,5-12H2,1-4H3,(H2,21,22)/t14-,15-,16+,17-,19-,20-/m1/s1. The van der Waals surface area contributed by atoms with Gasteiger partial charge in [0.2, 0.25) is 5.91 Å². The van der Waals surface area contributed by atoms with Crippen LogP contribution in [0.5, 0.6) is 0 Å². The lowest BCUT2D eigenvalue weighted by Crippen LogP contribution is -2.57. The molecule has 22 heavy (non-hydrogen) atoms. The molecule has 3 rings (SSSR count). The van der Waals surface area contributed by atoms with E-state index in [1.807, 2.05) is 0 Å². The molecular weight excluding hydrogens is 270 g/mol. The minimum atomic E-state index is -0.257. The Bertz CT molecular complexity index is 445. The Kier molecular flexibility index (Phi) is 4.10. The topological polar surface area (TPSA) is 43.1 Å². The molecular formula is C20H35NO. The molecule has 0 saturated heterocycles. The van der Waals surface area contributed by atoms with Crippen molar-refractivity contribution in [2.75, 3.05) is 0 Å². The number of amides is 1. The molecule has 0 aromatic carbocycles. The number of primary amides is 1. The van der Waals surface area contributed by atoms with E-state index in [0.29, 0.717) is 11.3 Å². The fourth-order valence-corrected chi connectivity index (χ4v) is 6.77. The van der Waals surface area contributed by atoms with Crippen LogP contribution in [0.3, 0.4) is 0 Å². The summed E-state index contributed by atoms with van der Waals surface area (Å²) >= 11 is 0.